The van der Waals surface area contributed by atoms with Gasteiger partial charge in [-0.1, -0.05) is 0 Å². The molecule has 1 N–H and O–H groups in total. The van der Waals surface area contributed by atoms with Gasteiger partial charge in [-0.15, -0.1) is 0 Å². The summed E-state index contributed by atoms with van der Waals surface area (Å²) >= 11 is 0. The van der Waals surface area contributed by atoms with E-state index in [-0.39, 0.29) is 36.3 Å². The van der Waals surface area contributed by atoms with E-state index in [1.165, 1.54) is 0 Å². The lowest BCUT2D eigenvalue weighted by molar-refractivity contribution is -0.135. The van der Waals surface area contributed by atoms with E-state index in [0.29, 0.717) is 19.1 Å². The molecule has 0 bridgehead atoms. The minimum atomic E-state index is -0.150. The average Bonchev–Trinajstić information content (AvgIpc) is 3.10. The SMILES string of the molecule is O=C(N[C@H]1CC[C@@H](C(=O)N2CCCC2)C1)N1CCN(C2CC2)C(=O)C1. The van der Waals surface area contributed by atoms with Crippen LogP contribution < -0.4 is 5.32 Å². The van der Waals surface area contributed by atoms with Crippen LogP contribution in [0.25, 0.3) is 0 Å². The summed E-state index contributed by atoms with van der Waals surface area (Å²) in [7, 11) is 0. The number of hydrogen-bond donors (Lipinski definition) is 1. The lowest BCUT2D eigenvalue weighted by atomic mass is 10.1. The molecule has 2 heterocycles. The van der Waals surface area contributed by atoms with E-state index in [9.17, 15) is 14.4 Å². The summed E-state index contributed by atoms with van der Waals surface area (Å²) < 4.78 is 0. The molecule has 4 amide bonds. The van der Waals surface area contributed by atoms with Gasteiger partial charge >= 0.3 is 6.03 Å². The number of hydrogen-bond acceptors (Lipinski definition) is 3. The summed E-state index contributed by atoms with van der Waals surface area (Å²) in [5.74, 6) is 0.386. The lowest BCUT2D eigenvalue weighted by Gasteiger charge is -2.35. The summed E-state index contributed by atoms with van der Waals surface area (Å²) in [5.41, 5.74) is 0. The van der Waals surface area contributed by atoms with Crippen LogP contribution in [-0.2, 0) is 9.59 Å². The first kappa shape index (κ1) is 16.7. The first-order chi connectivity index (χ1) is 12.1. The van der Waals surface area contributed by atoms with Gasteiger partial charge in [0, 0.05) is 44.2 Å². The zero-order valence-corrected chi connectivity index (χ0v) is 14.8. The van der Waals surface area contributed by atoms with Crippen molar-refractivity contribution in [2.24, 2.45) is 5.92 Å². The molecule has 2 atom stereocenters. The third kappa shape index (κ3) is 3.60. The molecule has 25 heavy (non-hydrogen) atoms. The molecule has 2 saturated carbocycles. The van der Waals surface area contributed by atoms with E-state index in [4.69, 9.17) is 0 Å². The summed E-state index contributed by atoms with van der Waals surface area (Å²) in [6, 6.07) is 0.327. The van der Waals surface area contributed by atoms with Crippen LogP contribution in [0, 0.1) is 5.92 Å². The van der Waals surface area contributed by atoms with Gasteiger partial charge in [-0.2, -0.15) is 0 Å². The van der Waals surface area contributed by atoms with Gasteiger partial charge in [-0.25, -0.2) is 4.79 Å². The third-order valence-corrected chi connectivity index (χ3v) is 6.06. The molecule has 4 fully saturated rings. The Balaban J connectivity index is 1.24. The van der Waals surface area contributed by atoms with Crippen molar-refractivity contribution in [1.29, 1.82) is 0 Å². The Hall–Kier alpha value is -1.79. The highest BCUT2D eigenvalue weighted by Crippen LogP contribution is 2.30. The van der Waals surface area contributed by atoms with Crippen LogP contribution in [0.5, 0.6) is 0 Å². The largest absolute Gasteiger partial charge is 0.342 e. The van der Waals surface area contributed by atoms with Crippen LogP contribution in [0.2, 0.25) is 0 Å². The minimum absolute atomic E-state index is 0.0525. The predicted molar refractivity (Wildman–Crippen MR) is 91.8 cm³/mol. The minimum Gasteiger partial charge on any atom is -0.342 e. The highest BCUT2D eigenvalue weighted by atomic mass is 16.2. The van der Waals surface area contributed by atoms with E-state index in [0.717, 1.165) is 58.0 Å². The molecular formula is C18H28N4O3. The molecule has 0 aromatic heterocycles. The number of piperazine rings is 1. The highest BCUT2D eigenvalue weighted by Gasteiger charge is 2.38. The molecule has 0 aromatic carbocycles. The van der Waals surface area contributed by atoms with Crippen molar-refractivity contribution in [2.45, 2.75) is 57.0 Å². The molecule has 0 aromatic rings. The molecule has 138 valence electrons. The molecular weight excluding hydrogens is 320 g/mol. The second-order valence-electron chi connectivity index (χ2n) is 7.93. The van der Waals surface area contributed by atoms with Gasteiger partial charge < -0.3 is 20.0 Å². The second kappa shape index (κ2) is 6.84. The van der Waals surface area contributed by atoms with Crippen molar-refractivity contribution in [3.05, 3.63) is 0 Å². The topological polar surface area (TPSA) is 73.0 Å². The molecule has 7 nitrogen and oxygen atoms in total. The van der Waals surface area contributed by atoms with Crippen molar-refractivity contribution in [2.75, 3.05) is 32.7 Å². The van der Waals surface area contributed by atoms with Crippen molar-refractivity contribution >= 4 is 17.8 Å². The second-order valence-corrected chi connectivity index (χ2v) is 7.93. The maximum Gasteiger partial charge on any atom is 0.318 e. The van der Waals surface area contributed by atoms with Gasteiger partial charge in [0.25, 0.3) is 0 Å². The van der Waals surface area contributed by atoms with Gasteiger partial charge in [-0.3, -0.25) is 9.59 Å². The monoisotopic (exact) mass is 348 g/mol. The van der Waals surface area contributed by atoms with E-state index >= 15 is 0 Å². The van der Waals surface area contributed by atoms with E-state index in [1.54, 1.807) is 4.90 Å². The Morgan fingerprint density at radius 1 is 0.920 bits per heavy atom. The van der Waals surface area contributed by atoms with Gasteiger partial charge in [-0.05, 0) is 44.9 Å². The molecule has 2 aliphatic carbocycles. The fourth-order valence-electron chi connectivity index (χ4n) is 4.43. The smallest absolute Gasteiger partial charge is 0.318 e. The zero-order chi connectivity index (χ0) is 17.4. The summed E-state index contributed by atoms with van der Waals surface area (Å²) in [4.78, 5) is 42.6. The fraction of sp³-hybridized carbons (Fsp3) is 0.833. The van der Waals surface area contributed by atoms with E-state index in [1.807, 2.05) is 9.80 Å². The van der Waals surface area contributed by atoms with Crippen LogP contribution >= 0.6 is 0 Å². The van der Waals surface area contributed by atoms with Crippen LogP contribution in [-0.4, -0.2) is 77.4 Å². The van der Waals surface area contributed by atoms with Crippen LogP contribution in [0.3, 0.4) is 0 Å². The number of rotatable bonds is 3. The number of urea groups is 1. The summed E-state index contributed by atoms with van der Waals surface area (Å²) in [5, 5.41) is 3.05. The highest BCUT2D eigenvalue weighted by molar-refractivity contribution is 5.86. The zero-order valence-electron chi connectivity index (χ0n) is 14.8. The predicted octanol–water partition coefficient (Wildman–Crippen LogP) is 0.794. The Morgan fingerprint density at radius 2 is 1.68 bits per heavy atom. The van der Waals surface area contributed by atoms with Crippen LogP contribution in [0.1, 0.15) is 44.9 Å². The maximum absolute atomic E-state index is 12.5. The molecule has 7 heteroatoms. The van der Waals surface area contributed by atoms with Gasteiger partial charge in [0.05, 0.1) is 0 Å². The first-order valence-corrected chi connectivity index (χ1v) is 9.75. The number of amides is 4. The van der Waals surface area contributed by atoms with E-state index in [2.05, 4.69) is 5.32 Å². The molecule has 4 rings (SSSR count). The quantitative estimate of drug-likeness (QED) is 0.820. The fourth-order valence-corrected chi connectivity index (χ4v) is 4.43. The Bertz CT molecular complexity index is 557. The summed E-state index contributed by atoms with van der Waals surface area (Å²) in [6.07, 6.45) is 6.87. The number of likely N-dealkylation sites (tertiary alicyclic amines) is 1. The molecule has 2 saturated heterocycles. The molecule has 2 aliphatic heterocycles. The van der Waals surface area contributed by atoms with Crippen molar-refractivity contribution in [1.82, 2.24) is 20.0 Å². The Kier molecular flexibility index (Phi) is 4.56. The molecule has 0 unspecified atom stereocenters. The first-order valence-electron chi connectivity index (χ1n) is 9.75. The average molecular weight is 348 g/mol. The molecule has 4 aliphatic rings. The standard InChI is InChI=1S/C18H28N4O3/c23-16-12-21(9-10-22(16)15-5-6-15)18(25)19-14-4-3-13(11-14)17(24)20-7-1-2-8-20/h13-15H,1-12H2,(H,19,25)/t13-,14+/m1/s1. The Morgan fingerprint density at radius 3 is 2.36 bits per heavy atom. The van der Waals surface area contributed by atoms with Crippen LogP contribution in [0.4, 0.5) is 4.79 Å². The normalized spacial score (nSPS) is 30.1. The number of nitrogens with one attached hydrogen (secondary N) is 1. The van der Waals surface area contributed by atoms with Gasteiger partial charge in [0.15, 0.2) is 0 Å². The van der Waals surface area contributed by atoms with Crippen molar-refractivity contribution in [3.8, 4) is 0 Å². The number of nitrogens with zero attached hydrogens (tertiary/aromatic N) is 3. The van der Waals surface area contributed by atoms with Gasteiger partial charge in [0.1, 0.15) is 6.54 Å². The third-order valence-electron chi connectivity index (χ3n) is 6.06. The van der Waals surface area contributed by atoms with Crippen molar-refractivity contribution < 1.29 is 14.4 Å². The molecule has 0 spiro atoms. The van der Waals surface area contributed by atoms with Gasteiger partial charge in [0.2, 0.25) is 11.8 Å². The summed E-state index contributed by atoms with van der Waals surface area (Å²) in [6.45, 7) is 3.22. The van der Waals surface area contributed by atoms with Crippen LogP contribution in [0.15, 0.2) is 0 Å². The maximum atomic E-state index is 12.5. The van der Waals surface area contributed by atoms with Crippen molar-refractivity contribution in [3.63, 3.8) is 0 Å². The number of carbonyl (C=O) groups excluding carboxylic acids is 3. The molecule has 0 radical (unpaired) electrons. The van der Waals surface area contributed by atoms with E-state index < -0.39 is 0 Å². The lowest BCUT2D eigenvalue weighted by Crippen LogP contribution is -2.56. The Labute approximate surface area is 148 Å². The number of carbonyl (C=O) groups is 3.